The number of benzene rings is 4. The van der Waals surface area contributed by atoms with Crippen LogP contribution in [0.25, 0.3) is 0 Å². The molecule has 230 valence electrons. The number of ether oxygens (including phenoxy) is 3. The first-order valence-electron chi connectivity index (χ1n) is 13.8. The van der Waals surface area contributed by atoms with Crippen LogP contribution in [0.5, 0.6) is 17.2 Å². The molecule has 0 radical (unpaired) electrons. The molecule has 44 heavy (non-hydrogen) atoms. The molecule has 0 fully saturated rings. The van der Waals surface area contributed by atoms with Gasteiger partial charge < -0.3 is 24.8 Å². The lowest BCUT2D eigenvalue weighted by Crippen LogP contribution is -2.37. The number of para-hydroxylation sites is 1. The van der Waals surface area contributed by atoms with Crippen LogP contribution in [0.2, 0.25) is 0 Å². The maximum absolute atomic E-state index is 13.1. The van der Waals surface area contributed by atoms with E-state index in [1.54, 1.807) is 68.8 Å². The largest absolute Gasteiger partial charge is 0.493 e. The van der Waals surface area contributed by atoms with Gasteiger partial charge in [0.15, 0.2) is 11.5 Å². The summed E-state index contributed by atoms with van der Waals surface area (Å²) in [6.45, 7) is 0.212. The van der Waals surface area contributed by atoms with Gasteiger partial charge in [-0.05, 0) is 66.1 Å². The number of rotatable bonds is 14. The Labute approximate surface area is 257 Å². The lowest BCUT2D eigenvalue weighted by molar-refractivity contribution is -0.114. The number of carbonyl (C=O) groups is 2. The van der Waals surface area contributed by atoms with Crippen molar-refractivity contribution in [2.45, 2.75) is 13.0 Å². The van der Waals surface area contributed by atoms with Crippen LogP contribution in [0.4, 0.5) is 11.4 Å². The van der Waals surface area contributed by atoms with E-state index in [4.69, 9.17) is 14.2 Å². The number of hydrogen-bond donors (Lipinski definition) is 2. The minimum Gasteiger partial charge on any atom is -0.493 e. The number of sulfonamides is 1. The monoisotopic (exact) mass is 617 g/mol. The third-order valence-corrected chi connectivity index (χ3v) is 7.79. The summed E-state index contributed by atoms with van der Waals surface area (Å²) in [4.78, 5) is 26.1. The van der Waals surface area contributed by atoms with Crippen LogP contribution in [0.1, 0.15) is 21.5 Å². The standard InChI is InChI=1S/C33H35N3O7S/c1-41-30-18-13-24(21-31(30)42-2)19-20-34-33(38)28-11-7-8-12-29(28)35-32(37)22-36(44(3,39)40)26-14-16-27(17-15-26)43-23-25-9-5-4-6-10-25/h4-18,21H,19-20,22-23H2,1-3H3,(H,34,38)(H,35,37). The number of methoxy groups -OCH3 is 2. The second kappa shape index (κ2) is 14.9. The normalized spacial score (nSPS) is 10.9. The van der Waals surface area contributed by atoms with E-state index in [2.05, 4.69) is 10.6 Å². The first-order chi connectivity index (χ1) is 21.2. The maximum Gasteiger partial charge on any atom is 0.253 e. The molecule has 0 aromatic heterocycles. The minimum atomic E-state index is -3.81. The highest BCUT2D eigenvalue weighted by atomic mass is 32.2. The van der Waals surface area contributed by atoms with Crippen molar-refractivity contribution in [2.75, 3.05) is 43.2 Å². The molecule has 0 atom stereocenters. The molecular weight excluding hydrogens is 582 g/mol. The molecule has 0 saturated carbocycles. The summed E-state index contributed by atoms with van der Waals surface area (Å²) < 4.78 is 42.7. The van der Waals surface area contributed by atoms with Gasteiger partial charge in [0, 0.05) is 6.54 Å². The molecule has 0 bridgehead atoms. The van der Waals surface area contributed by atoms with Gasteiger partial charge in [0.05, 0.1) is 37.4 Å². The third kappa shape index (κ3) is 8.74. The Kier molecular flexibility index (Phi) is 10.8. The highest BCUT2D eigenvalue weighted by Gasteiger charge is 2.22. The van der Waals surface area contributed by atoms with E-state index < -0.39 is 22.5 Å². The maximum atomic E-state index is 13.1. The van der Waals surface area contributed by atoms with Crippen LogP contribution in [0.15, 0.2) is 97.1 Å². The fourth-order valence-electron chi connectivity index (χ4n) is 4.41. The van der Waals surface area contributed by atoms with Crippen molar-refractivity contribution in [3.05, 3.63) is 114 Å². The Hall–Kier alpha value is -5.03. The molecule has 4 aromatic rings. The fraction of sp³-hybridized carbons (Fsp3) is 0.212. The number of nitrogens with one attached hydrogen (secondary N) is 2. The second-order valence-electron chi connectivity index (χ2n) is 9.83. The molecule has 2 N–H and O–H groups in total. The zero-order valence-electron chi connectivity index (χ0n) is 24.8. The third-order valence-electron chi connectivity index (χ3n) is 6.65. The van der Waals surface area contributed by atoms with Gasteiger partial charge in [-0.1, -0.05) is 48.5 Å². The van der Waals surface area contributed by atoms with Crippen molar-refractivity contribution >= 4 is 33.2 Å². The number of hydrogen-bond acceptors (Lipinski definition) is 7. The first-order valence-corrected chi connectivity index (χ1v) is 15.6. The zero-order valence-corrected chi connectivity index (χ0v) is 25.6. The van der Waals surface area contributed by atoms with Crippen molar-refractivity contribution in [3.63, 3.8) is 0 Å². The van der Waals surface area contributed by atoms with Crippen LogP contribution in [-0.2, 0) is 27.8 Å². The van der Waals surface area contributed by atoms with Crippen molar-refractivity contribution in [1.82, 2.24) is 5.32 Å². The van der Waals surface area contributed by atoms with E-state index >= 15 is 0 Å². The van der Waals surface area contributed by atoms with E-state index in [-0.39, 0.29) is 17.2 Å². The molecule has 10 nitrogen and oxygen atoms in total. The van der Waals surface area contributed by atoms with Gasteiger partial charge in [-0.25, -0.2) is 8.42 Å². The lowest BCUT2D eigenvalue weighted by Gasteiger charge is -2.22. The van der Waals surface area contributed by atoms with Gasteiger partial charge >= 0.3 is 0 Å². The molecule has 0 aliphatic heterocycles. The van der Waals surface area contributed by atoms with Crippen LogP contribution < -0.4 is 29.1 Å². The van der Waals surface area contributed by atoms with Gasteiger partial charge in [-0.2, -0.15) is 0 Å². The predicted octanol–water partition coefficient (Wildman–Crippen LogP) is 4.66. The highest BCUT2D eigenvalue weighted by molar-refractivity contribution is 7.92. The molecule has 11 heteroatoms. The van der Waals surface area contributed by atoms with E-state index in [0.717, 1.165) is 21.7 Å². The van der Waals surface area contributed by atoms with Gasteiger partial charge in [0.1, 0.15) is 18.9 Å². The van der Waals surface area contributed by atoms with E-state index in [9.17, 15) is 18.0 Å². The van der Waals surface area contributed by atoms with Gasteiger partial charge in [0.2, 0.25) is 15.9 Å². The average molecular weight is 618 g/mol. The summed E-state index contributed by atoms with van der Waals surface area (Å²) in [5, 5.41) is 5.55. The van der Waals surface area contributed by atoms with E-state index in [0.29, 0.717) is 42.5 Å². The molecule has 0 heterocycles. The van der Waals surface area contributed by atoms with Crippen molar-refractivity contribution < 1.29 is 32.2 Å². The zero-order chi connectivity index (χ0) is 31.5. The van der Waals surface area contributed by atoms with Crippen LogP contribution >= 0.6 is 0 Å². The SMILES string of the molecule is COc1ccc(CCNC(=O)c2ccccc2NC(=O)CN(c2ccc(OCc3ccccc3)cc2)S(C)(=O)=O)cc1OC. The highest BCUT2D eigenvalue weighted by Crippen LogP contribution is 2.28. The minimum absolute atomic E-state index is 0.249. The number of amides is 2. The summed E-state index contributed by atoms with van der Waals surface area (Å²) in [6, 6.07) is 28.2. The fourth-order valence-corrected chi connectivity index (χ4v) is 5.27. The molecule has 4 rings (SSSR count). The predicted molar refractivity (Wildman–Crippen MR) is 170 cm³/mol. The summed E-state index contributed by atoms with van der Waals surface area (Å²) in [5.41, 5.74) is 2.76. The molecular formula is C33H35N3O7S. The summed E-state index contributed by atoms with van der Waals surface area (Å²) in [5.74, 6) is 0.781. The quantitative estimate of drug-likeness (QED) is 0.211. The van der Waals surface area contributed by atoms with Crippen LogP contribution in [-0.4, -0.2) is 53.8 Å². The molecule has 0 aliphatic carbocycles. The Bertz CT molecular complexity index is 1680. The van der Waals surface area contributed by atoms with Gasteiger partial charge in [0.25, 0.3) is 5.91 Å². The first kappa shape index (κ1) is 31.9. The Morgan fingerprint density at radius 3 is 2.16 bits per heavy atom. The van der Waals surface area contributed by atoms with E-state index in [1.807, 2.05) is 42.5 Å². The van der Waals surface area contributed by atoms with E-state index in [1.165, 1.54) is 0 Å². The smallest absolute Gasteiger partial charge is 0.253 e. The van der Waals surface area contributed by atoms with Crippen molar-refractivity contribution in [1.29, 1.82) is 0 Å². The molecule has 0 unspecified atom stereocenters. The van der Waals surface area contributed by atoms with Crippen molar-refractivity contribution in [2.24, 2.45) is 0 Å². The van der Waals surface area contributed by atoms with Gasteiger partial charge in [-0.3, -0.25) is 13.9 Å². The summed E-state index contributed by atoms with van der Waals surface area (Å²) in [6.07, 6.45) is 1.57. The lowest BCUT2D eigenvalue weighted by atomic mass is 10.1. The van der Waals surface area contributed by atoms with Crippen LogP contribution in [0, 0.1) is 0 Å². The Morgan fingerprint density at radius 1 is 0.795 bits per heavy atom. The Balaban J connectivity index is 1.37. The summed E-state index contributed by atoms with van der Waals surface area (Å²) >= 11 is 0. The number of nitrogens with zero attached hydrogens (tertiary/aromatic N) is 1. The number of carbonyl (C=O) groups excluding carboxylic acids is 2. The number of anilines is 2. The Morgan fingerprint density at radius 2 is 1.48 bits per heavy atom. The van der Waals surface area contributed by atoms with Crippen molar-refractivity contribution in [3.8, 4) is 17.2 Å². The summed E-state index contributed by atoms with van der Waals surface area (Å²) in [7, 11) is -0.691. The van der Waals surface area contributed by atoms with Crippen LogP contribution in [0.3, 0.4) is 0 Å². The molecule has 4 aromatic carbocycles. The molecule has 0 spiro atoms. The molecule has 2 amide bonds. The topological polar surface area (TPSA) is 123 Å². The molecule has 0 saturated heterocycles. The van der Waals surface area contributed by atoms with Gasteiger partial charge in [-0.15, -0.1) is 0 Å². The second-order valence-corrected chi connectivity index (χ2v) is 11.7. The molecule has 0 aliphatic rings. The average Bonchev–Trinajstić information content (AvgIpc) is 3.03.